The molecule has 2 aromatic carbocycles. The summed E-state index contributed by atoms with van der Waals surface area (Å²) in [6.45, 7) is 3.76. The predicted octanol–water partition coefficient (Wildman–Crippen LogP) is 5.79. The van der Waals surface area contributed by atoms with Crippen LogP contribution in [0, 0.1) is 28.6 Å². The highest BCUT2D eigenvalue weighted by atomic mass is 35.5. The number of carbonyl (C=O) groups excluding carboxylic acids is 2. The zero-order valence-electron chi connectivity index (χ0n) is 17.0. The summed E-state index contributed by atoms with van der Waals surface area (Å²) in [4.78, 5) is 24.4. The molecule has 31 heavy (non-hydrogen) atoms. The van der Waals surface area contributed by atoms with Crippen LogP contribution in [0.15, 0.2) is 65.7 Å². The number of hydrogen-bond acceptors (Lipinski definition) is 5. The molecule has 5 nitrogen and oxygen atoms in total. The number of allylic oxidation sites excluding steroid dienone is 2. The number of Topliss-reactive ketones (excluding diaryl/α,β-unsaturated/α-hetero) is 1. The van der Waals surface area contributed by atoms with Gasteiger partial charge in [-0.1, -0.05) is 61.9 Å². The van der Waals surface area contributed by atoms with E-state index in [0.29, 0.717) is 17.1 Å². The molecule has 0 radical (unpaired) electrons. The summed E-state index contributed by atoms with van der Waals surface area (Å²) in [6, 6.07) is 18.1. The van der Waals surface area contributed by atoms with E-state index in [-0.39, 0.29) is 16.8 Å². The summed E-state index contributed by atoms with van der Waals surface area (Å²) >= 11 is 11.5. The molecule has 0 amide bonds. The van der Waals surface area contributed by atoms with Crippen LogP contribution in [0.3, 0.4) is 0 Å². The van der Waals surface area contributed by atoms with Crippen molar-refractivity contribution in [3.63, 3.8) is 0 Å². The van der Waals surface area contributed by atoms with Crippen molar-refractivity contribution < 1.29 is 19.1 Å². The van der Waals surface area contributed by atoms with Crippen molar-refractivity contribution in [3.8, 4) is 17.6 Å². The third-order valence-electron chi connectivity index (χ3n) is 5.37. The van der Waals surface area contributed by atoms with E-state index in [1.807, 2.05) is 50.2 Å². The molecule has 0 aromatic heterocycles. The van der Waals surface area contributed by atoms with Crippen LogP contribution in [0.25, 0.3) is 0 Å². The first kappa shape index (κ1) is 22.9. The van der Waals surface area contributed by atoms with Crippen LogP contribution >= 0.6 is 23.2 Å². The number of nitrogens with zero attached hydrogens (tertiary/aromatic N) is 1. The number of alkyl halides is 1. The summed E-state index contributed by atoms with van der Waals surface area (Å²) in [5.74, 6) is -0.744. The van der Waals surface area contributed by atoms with Crippen molar-refractivity contribution in [2.24, 2.45) is 17.3 Å². The number of para-hydroxylation sites is 1. The van der Waals surface area contributed by atoms with Gasteiger partial charge in [-0.05, 0) is 35.6 Å². The van der Waals surface area contributed by atoms with Crippen LogP contribution in [0.5, 0.6) is 11.5 Å². The smallest absolute Gasteiger partial charge is 0.311 e. The van der Waals surface area contributed by atoms with E-state index in [4.69, 9.17) is 32.7 Å². The number of ether oxygens (including phenoxy) is 2. The van der Waals surface area contributed by atoms with Gasteiger partial charge < -0.3 is 9.47 Å². The maximum Gasteiger partial charge on any atom is 0.311 e. The molecule has 1 aliphatic carbocycles. The second-order valence-corrected chi connectivity index (χ2v) is 8.50. The van der Waals surface area contributed by atoms with E-state index in [1.165, 1.54) is 0 Å². The van der Waals surface area contributed by atoms with Gasteiger partial charge >= 0.3 is 5.97 Å². The van der Waals surface area contributed by atoms with E-state index in [0.717, 1.165) is 0 Å². The average Bonchev–Trinajstić information content (AvgIpc) is 3.31. The molecule has 0 spiro atoms. The van der Waals surface area contributed by atoms with Gasteiger partial charge in [0.25, 0.3) is 0 Å². The first-order valence-electron chi connectivity index (χ1n) is 9.67. The van der Waals surface area contributed by atoms with Crippen molar-refractivity contribution in [1.29, 1.82) is 5.26 Å². The maximum atomic E-state index is 12.8. The van der Waals surface area contributed by atoms with Crippen LogP contribution in [-0.4, -0.2) is 17.6 Å². The van der Waals surface area contributed by atoms with Crippen molar-refractivity contribution in [3.05, 3.63) is 71.3 Å². The molecule has 7 heteroatoms. The molecule has 0 bridgehead atoms. The number of hydrogen-bond donors (Lipinski definition) is 0. The van der Waals surface area contributed by atoms with Gasteiger partial charge in [-0.25, -0.2) is 0 Å². The van der Waals surface area contributed by atoms with Crippen molar-refractivity contribution in [2.75, 3.05) is 5.88 Å². The van der Waals surface area contributed by atoms with E-state index >= 15 is 0 Å². The minimum atomic E-state index is -1.09. The lowest BCUT2D eigenvalue weighted by Crippen LogP contribution is -2.14. The van der Waals surface area contributed by atoms with Crippen LogP contribution in [0.2, 0.25) is 0 Å². The Morgan fingerprint density at radius 3 is 2.48 bits per heavy atom. The first-order valence-corrected chi connectivity index (χ1v) is 10.6. The van der Waals surface area contributed by atoms with Crippen molar-refractivity contribution >= 4 is 35.0 Å². The molecule has 1 aliphatic rings. The standard InChI is InChI=1S/C24H21Cl2NO4/c1-24(2)18(12-19(26)20(28)13-25)22(24)23(29)31-21(14-27)15-7-6-10-17(11-15)30-16-8-4-3-5-9-16/h3-12,18,21-22H,13H2,1-2H3/b19-12+. The van der Waals surface area contributed by atoms with Crippen LogP contribution < -0.4 is 4.74 Å². The Labute approximate surface area is 191 Å². The Hall–Kier alpha value is -2.81. The minimum Gasteiger partial charge on any atom is -0.457 e. The highest BCUT2D eigenvalue weighted by molar-refractivity contribution is 6.47. The van der Waals surface area contributed by atoms with E-state index in [1.54, 1.807) is 30.3 Å². The molecule has 0 saturated heterocycles. The van der Waals surface area contributed by atoms with E-state index < -0.39 is 29.2 Å². The molecular weight excluding hydrogens is 437 g/mol. The lowest BCUT2D eigenvalue weighted by Gasteiger charge is -2.13. The number of halogens is 2. The van der Waals surface area contributed by atoms with Gasteiger partial charge in [-0.15, -0.1) is 11.6 Å². The molecule has 3 unspecified atom stereocenters. The third-order valence-corrected chi connectivity index (χ3v) is 5.95. The molecule has 3 rings (SSSR count). The molecule has 160 valence electrons. The summed E-state index contributed by atoms with van der Waals surface area (Å²) < 4.78 is 11.3. The molecule has 0 N–H and O–H groups in total. The number of esters is 1. The van der Waals surface area contributed by atoms with Crippen LogP contribution in [-0.2, 0) is 14.3 Å². The average molecular weight is 458 g/mol. The Bertz CT molecular complexity index is 1040. The third kappa shape index (κ3) is 5.28. The molecule has 1 fully saturated rings. The fraction of sp³-hybridized carbons (Fsp3) is 0.292. The number of benzene rings is 2. The molecule has 0 heterocycles. The highest BCUT2D eigenvalue weighted by Gasteiger charge is 2.62. The second kappa shape index (κ2) is 9.55. The number of ketones is 1. The topological polar surface area (TPSA) is 76.4 Å². The van der Waals surface area contributed by atoms with Gasteiger partial charge in [0, 0.05) is 5.56 Å². The lowest BCUT2D eigenvalue weighted by molar-refractivity contribution is -0.149. The molecule has 1 saturated carbocycles. The largest absolute Gasteiger partial charge is 0.457 e. The first-order chi connectivity index (χ1) is 14.8. The zero-order chi connectivity index (χ0) is 22.6. The highest BCUT2D eigenvalue weighted by Crippen LogP contribution is 2.60. The number of nitriles is 1. The van der Waals surface area contributed by atoms with Crippen molar-refractivity contribution in [1.82, 2.24) is 0 Å². The molecular formula is C24H21Cl2NO4. The van der Waals surface area contributed by atoms with Crippen LogP contribution in [0.4, 0.5) is 0 Å². The summed E-state index contributed by atoms with van der Waals surface area (Å²) in [6.07, 6.45) is 0.460. The van der Waals surface area contributed by atoms with Crippen molar-refractivity contribution in [2.45, 2.75) is 20.0 Å². The molecule has 2 aromatic rings. The van der Waals surface area contributed by atoms with E-state index in [9.17, 15) is 14.9 Å². The van der Waals surface area contributed by atoms with Gasteiger partial charge in [0.1, 0.15) is 17.6 Å². The summed E-state index contributed by atoms with van der Waals surface area (Å²) in [5.41, 5.74) is 0.0624. The fourth-order valence-corrected chi connectivity index (χ4v) is 3.89. The van der Waals surface area contributed by atoms with Gasteiger partial charge in [0.2, 0.25) is 6.10 Å². The predicted molar refractivity (Wildman–Crippen MR) is 118 cm³/mol. The van der Waals surface area contributed by atoms with Crippen LogP contribution in [0.1, 0.15) is 25.5 Å². The second-order valence-electron chi connectivity index (χ2n) is 7.83. The SMILES string of the molecule is CC1(C)C(/C=C(/Cl)C(=O)CCl)C1C(=O)OC(C#N)c1cccc(Oc2ccccc2)c1. The maximum absolute atomic E-state index is 12.8. The fourth-order valence-electron chi connectivity index (χ4n) is 3.48. The summed E-state index contributed by atoms with van der Waals surface area (Å²) in [7, 11) is 0. The lowest BCUT2D eigenvalue weighted by atomic mass is 10.1. The number of carbonyl (C=O) groups is 2. The monoisotopic (exact) mass is 457 g/mol. The number of rotatable bonds is 8. The Kier molecular flexibility index (Phi) is 7.04. The van der Waals surface area contributed by atoms with Gasteiger partial charge in [0.05, 0.1) is 16.8 Å². The Morgan fingerprint density at radius 2 is 1.84 bits per heavy atom. The molecule has 3 atom stereocenters. The normalized spacial score (nSPS) is 20.3. The quantitative estimate of drug-likeness (QED) is 0.284. The summed E-state index contributed by atoms with van der Waals surface area (Å²) in [5, 5.41) is 9.60. The minimum absolute atomic E-state index is 0.00553. The Balaban J connectivity index is 1.71. The van der Waals surface area contributed by atoms with E-state index in [2.05, 4.69) is 0 Å². The van der Waals surface area contributed by atoms with Gasteiger partial charge in [-0.2, -0.15) is 5.26 Å². The van der Waals surface area contributed by atoms with Gasteiger partial charge in [-0.3, -0.25) is 9.59 Å². The van der Waals surface area contributed by atoms with Gasteiger partial charge in [0.15, 0.2) is 5.78 Å². The molecule has 0 aliphatic heterocycles. The Morgan fingerprint density at radius 1 is 1.16 bits per heavy atom. The zero-order valence-corrected chi connectivity index (χ0v) is 18.6.